The number of hydrogen-bond donors (Lipinski definition) is 1. The maximum absolute atomic E-state index is 6.05. The quantitative estimate of drug-likeness (QED) is 0.754. The van der Waals surface area contributed by atoms with Crippen LogP contribution in [-0.2, 0) is 0 Å². The van der Waals surface area contributed by atoms with E-state index >= 15 is 0 Å². The van der Waals surface area contributed by atoms with Crippen molar-refractivity contribution in [2.24, 2.45) is 11.7 Å². The summed E-state index contributed by atoms with van der Waals surface area (Å²) in [5.74, 6) is 2.10. The van der Waals surface area contributed by atoms with Crippen molar-refractivity contribution in [3.05, 3.63) is 24.3 Å². The molecule has 0 heterocycles. The molecule has 0 saturated heterocycles. The maximum Gasteiger partial charge on any atom is 0.161 e. The lowest BCUT2D eigenvalue weighted by atomic mass is 10.0. The molecule has 0 aliphatic rings. The third-order valence-electron chi connectivity index (χ3n) is 3.50. The minimum atomic E-state index is 0.271. The van der Waals surface area contributed by atoms with Crippen LogP contribution < -0.4 is 15.2 Å². The van der Waals surface area contributed by atoms with Crippen LogP contribution in [0.1, 0.15) is 20.3 Å². The number of likely N-dealkylation sites (N-methyl/N-ethyl adjacent to an activating group) is 1. The molecule has 0 aliphatic heterocycles. The number of methoxy groups -OCH3 is 1. The van der Waals surface area contributed by atoms with Crippen LogP contribution in [0, 0.1) is 5.92 Å². The Morgan fingerprint density at radius 1 is 1.15 bits per heavy atom. The molecule has 1 aromatic carbocycles. The van der Waals surface area contributed by atoms with Gasteiger partial charge in [0.05, 0.1) is 7.11 Å². The Morgan fingerprint density at radius 3 is 2.40 bits per heavy atom. The summed E-state index contributed by atoms with van der Waals surface area (Å²) in [6, 6.07) is 7.98. The summed E-state index contributed by atoms with van der Waals surface area (Å²) >= 11 is 0. The van der Waals surface area contributed by atoms with Gasteiger partial charge in [-0.15, -0.1) is 0 Å². The second kappa shape index (κ2) is 8.82. The maximum atomic E-state index is 6.05. The zero-order chi connectivity index (χ0) is 15.0. The van der Waals surface area contributed by atoms with Crippen molar-refractivity contribution < 1.29 is 9.47 Å². The molecule has 0 bridgehead atoms. The Hall–Kier alpha value is -1.26. The van der Waals surface area contributed by atoms with Crippen LogP contribution in [0.3, 0.4) is 0 Å². The van der Waals surface area contributed by atoms with E-state index < -0.39 is 0 Å². The highest BCUT2D eigenvalue weighted by Crippen LogP contribution is 2.25. The van der Waals surface area contributed by atoms with Crippen LogP contribution in [0.4, 0.5) is 0 Å². The van der Waals surface area contributed by atoms with E-state index in [0.717, 1.165) is 31.0 Å². The molecular weight excluding hydrogens is 252 g/mol. The fourth-order valence-corrected chi connectivity index (χ4v) is 1.86. The van der Waals surface area contributed by atoms with Crippen LogP contribution in [0.25, 0.3) is 0 Å². The van der Waals surface area contributed by atoms with Gasteiger partial charge in [0, 0.05) is 12.6 Å². The zero-order valence-corrected chi connectivity index (χ0v) is 13.1. The highest BCUT2D eigenvalue weighted by Gasteiger charge is 2.09. The molecule has 0 aliphatic carbocycles. The molecule has 0 radical (unpaired) electrons. The lowest BCUT2D eigenvalue weighted by molar-refractivity contribution is 0.223. The minimum Gasteiger partial charge on any atom is -0.493 e. The van der Waals surface area contributed by atoms with Crippen LogP contribution in [0.15, 0.2) is 24.3 Å². The molecule has 1 unspecified atom stereocenters. The highest BCUT2D eigenvalue weighted by molar-refractivity contribution is 5.39. The Balaban J connectivity index is 2.26. The van der Waals surface area contributed by atoms with Gasteiger partial charge in [0.2, 0.25) is 0 Å². The lowest BCUT2D eigenvalue weighted by Gasteiger charge is -2.21. The third kappa shape index (κ3) is 5.80. The summed E-state index contributed by atoms with van der Waals surface area (Å²) in [5.41, 5.74) is 6.05. The van der Waals surface area contributed by atoms with Gasteiger partial charge in [0.15, 0.2) is 11.5 Å². The minimum absolute atomic E-state index is 0.271. The standard InChI is InChI=1S/C16H28N2O2/c1-13(2)14(17)9-10-18(3)11-12-20-16-8-6-5-7-15(16)19-4/h5-8,13-14H,9-12,17H2,1-4H3. The Morgan fingerprint density at radius 2 is 1.80 bits per heavy atom. The van der Waals surface area contributed by atoms with E-state index in [1.54, 1.807) is 7.11 Å². The lowest BCUT2D eigenvalue weighted by Crippen LogP contribution is -2.33. The number of nitrogens with two attached hydrogens (primary N) is 1. The first kappa shape index (κ1) is 16.8. The van der Waals surface area contributed by atoms with Gasteiger partial charge in [0.1, 0.15) is 6.61 Å². The molecule has 1 aromatic rings. The average molecular weight is 280 g/mol. The molecule has 0 amide bonds. The fourth-order valence-electron chi connectivity index (χ4n) is 1.86. The van der Waals surface area contributed by atoms with Crippen molar-refractivity contribution >= 4 is 0 Å². The molecule has 2 N–H and O–H groups in total. The summed E-state index contributed by atoms with van der Waals surface area (Å²) < 4.78 is 11.0. The van der Waals surface area contributed by atoms with Crippen molar-refractivity contribution in [2.75, 3.05) is 33.9 Å². The van der Waals surface area contributed by atoms with Crippen LogP contribution in [-0.4, -0.2) is 44.8 Å². The number of benzene rings is 1. The van der Waals surface area contributed by atoms with E-state index in [4.69, 9.17) is 15.2 Å². The topological polar surface area (TPSA) is 47.7 Å². The molecule has 0 aromatic heterocycles. The van der Waals surface area contributed by atoms with Gasteiger partial charge in [-0.25, -0.2) is 0 Å². The first-order valence-electron chi connectivity index (χ1n) is 7.24. The monoisotopic (exact) mass is 280 g/mol. The summed E-state index contributed by atoms with van der Waals surface area (Å²) in [5, 5.41) is 0. The van der Waals surface area contributed by atoms with Crippen molar-refractivity contribution in [3.63, 3.8) is 0 Å². The summed E-state index contributed by atoms with van der Waals surface area (Å²) in [7, 11) is 3.75. The van der Waals surface area contributed by atoms with Crippen molar-refractivity contribution in [2.45, 2.75) is 26.3 Å². The number of nitrogens with zero attached hydrogens (tertiary/aromatic N) is 1. The molecule has 0 saturated carbocycles. The zero-order valence-electron chi connectivity index (χ0n) is 13.1. The van der Waals surface area contributed by atoms with Gasteiger partial charge in [-0.1, -0.05) is 26.0 Å². The van der Waals surface area contributed by atoms with Crippen molar-refractivity contribution in [3.8, 4) is 11.5 Å². The van der Waals surface area contributed by atoms with Crippen LogP contribution in [0.2, 0.25) is 0 Å². The second-order valence-corrected chi connectivity index (χ2v) is 5.50. The number of rotatable bonds is 9. The number of para-hydroxylation sites is 2. The van der Waals surface area contributed by atoms with Crippen LogP contribution in [0.5, 0.6) is 11.5 Å². The van der Waals surface area contributed by atoms with E-state index in [-0.39, 0.29) is 6.04 Å². The van der Waals surface area contributed by atoms with E-state index in [1.807, 2.05) is 24.3 Å². The largest absolute Gasteiger partial charge is 0.493 e. The Bertz CT molecular complexity index is 382. The predicted molar refractivity (Wildman–Crippen MR) is 83.4 cm³/mol. The summed E-state index contributed by atoms with van der Waals surface area (Å²) in [6.45, 7) is 6.84. The van der Waals surface area contributed by atoms with E-state index in [9.17, 15) is 0 Å². The average Bonchev–Trinajstić information content (AvgIpc) is 2.45. The SMILES string of the molecule is COc1ccccc1OCCN(C)CCC(N)C(C)C. The molecule has 1 atom stereocenters. The normalized spacial score (nSPS) is 12.8. The molecule has 1 rings (SSSR count). The molecular formula is C16H28N2O2. The summed E-state index contributed by atoms with van der Waals surface area (Å²) in [6.07, 6.45) is 1.02. The molecule has 114 valence electrons. The van der Waals surface area contributed by atoms with E-state index in [0.29, 0.717) is 12.5 Å². The first-order chi connectivity index (χ1) is 9.54. The second-order valence-electron chi connectivity index (χ2n) is 5.50. The van der Waals surface area contributed by atoms with E-state index in [2.05, 4.69) is 25.8 Å². The predicted octanol–water partition coefficient (Wildman–Crippen LogP) is 2.38. The Kier molecular flexibility index (Phi) is 7.41. The van der Waals surface area contributed by atoms with Gasteiger partial charge < -0.3 is 20.1 Å². The molecule has 0 spiro atoms. The van der Waals surface area contributed by atoms with Crippen LogP contribution >= 0.6 is 0 Å². The van der Waals surface area contributed by atoms with Crippen molar-refractivity contribution in [1.82, 2.24) is 4.90 Å². The van der Waals surface area contributed by atoms with Gasteiger partial charge in [-0.05, 0) is 38.1 Å². The first-order valence-corrected chi connectivity index (χ1v) is 7.24. The number of hydrogen-bond acceptors (Lipinski definition) is 4. The van der Waals surface area contributed by atoms with Crippen molar-refractivity contribution in [1.29, 1.82) is 0 Å². The molecule has 0 fully saturated rings. The number of ether oxygens (including phenoxy) is 2. The molecule has 4 heteroatoms. The highest BCUT2D eigenvalue weighted by atomic mass is 16.5. The van der Waals surface area contributed by atoms with E-state index in [1.165, 1.54) is 0 Å². The van der Waals surface area contributed by atoms with Gasteiger partial charge in [-0.2, -0.15) is 0 Å². The van der Waals surface area contributed by atoms with Gasteiger partial charge in [0.25, 0.3) is 0 Å². The third-order valence-corrected chi connectivity index (χ3v) is 3.50. The van der Waals surface area contributed by atoms with Gasteiger partial charge in [-0.3, -0.25) is 0 Å². The van der Waals surface area contributed by atoms with Gasteiger partial charge >= 0.3 is 0 Å². The Labute approximate surface area is 122 Å². The fraction of sp³-hybridized carbons (Fsp3) is 0.625. The molecule has 4 nitrogen and oxygen atoms in total. The smallest absolute Gasteiger partial charge is 0.161 e. The summed E-state index contributed by atoms with van der Waals surface area (Å²) in [4.78, 5) is 2.25. The molecule has 20 heavy (non-hydrogen) atoms.